The molecule has 5 N–H and O–H groups in total. The fourth-order valence-corrected chi connectivity index (χ4v) is 4.50. The van der Waals surface area contributed by atoms with Gasteiger partial charge in [-0.3, -0.25) is 0 Å². The highest BCUT2D eigenvalue weighted by molar-refractivity contribution is 9.10. The predicted octanol–water partition coefficient (Wildman–Crippen LogP) is 3.43. The summed E-state index contributed by atoms with van der Waals surface area (Å²) in [5.74, 6) is 0. The maximum absolute atomic E-state index is 11.8. The second kappa shape index (κ2) is 16.2. The second-order valence-corrected chi connectivity index (χ2v) is 12.6. The third-order valence-electron chi connectivity index (χ3n) is 3.84. The fourth-order valence-electron chi connectivity index (χ4n) is 2.01. The van der Waals surface area contributed by atoms with Crippen LogP contribution in [0.15, 0.2) is 55.1 Å². The zero-order valence-corrected chi connectivity index (χ0v) is 23.8. The van der Waals surface area contributed by atoms with Gasteiger partial charge in [0.25, 0.3) is 9.05 Å². The highest BCUT2D eigenvalue weighted by Gasteiger charge is 2.13. The highest BCUT2D eigenvalue weighted by atomic mass is 79.9. The van der Waals surface area contributed by atoms with Crippen LogP contribution in [0.1, 0.15) is 24.0 Å². The van der Waals surface area contributed by atoms with E-state index in [9.17, 15) is 16.8 Å². The molecular weight excluding hydrogens is 624 g/mol. The van der Waals surface area contributed by atoms with Gasteiger partial charge in [0.15, 0.2) is 0 Å². The normalized spacial score (nSPS) is 11.2. The minimum absolute atomic E-state index is 0.0259. The van der Waals surface area contributed by atoms with Crippen molar-refractivity contribution in [2.24, 2.45) is 5.73 Å². The molecule has 0 saturated heterocycles. The molecule has 2 aromatic carbocycles. The molecule has 0 amide bonds. The predicted molar refractivity (Wildman–Crippen MR) is 138 cm³/mol. The number of aryl methyl sites for hydroxylation is 2. The summed E-state index contributed by atoms with van der Waals surface area (Å²) in [6.07, 6.45) is 1.13. The van der Waals surface area contributed by atoms with E-state index in [2.05, 4.69) is 36.6 Å². The summed E-state index contributed by atoms with van der Waals surface area (Å²) in [6, 6.07) is 9.48. The molecule has 0 aliphatic heterocycles. The number of halogens is 3. The van der Waals surface area contributed by atoms with Gasteiger partial charge in [0, 0.05) is 39.4 Å². The van der Waals surface area contributed by atoms with Gasteiger partial charge in [-0.05, 0) is 80.8 Å². The number of aliphatic hydroxyl groups excluding tert-OH is 2. The van der Waals surface area contributed by atoms with Gasteiger partial charge in [-0.15, -0.1) is 0 Å². The molecule has 0 spiro atoms. The van der Waals surface area contributed by atoms with Crippen LogP contribution in [0.4, 0.5) is 0 Å². The molecule has 33 heavy (non-hydrogen) atoms. The van der Waals surface area contributed by atoms with Crippen molar-refractivity contribution < 1.29 is 27.0 Å². The van der Waals surface area contributed by atoms with Crippen LogP contribution in [0.5, 0.6) is 0 Å². The van der Waals surface area contributed by atoms with Gasteiger partial charge < -0.3 is 15.9 Å². The lowest BCUT2D eigenvalue weighted by Crippen LogP contribution is -2.25. The highest BCUT2D eigenvalue weighted by Crippen LogP contribution is 2.22. The summed E-state index contributed by atoms with van der Waals surface area (Å²) < 4.78 is 49.4. The number of nitrogens with two attached hydrogens (primary N) is 1. The summed E-state index contributed by atoms with van der Waals surface area (Å²) in [5.41, 5.74) is 6.69. The number of hydrogen-bond donors (Lipinski definition) is 4. The minimum atomic E-state index is -3.59. The number of nitrogens with one attached hydrogen (secondary N) is 1. The Morgan fingerprint density at radius 2 is 1.33 bits per heavy atom. The lowest BCUT2D eigenvalue weighted by molar-refractivity contribution is 0.289. The Bertz CT molecular complexity index is 1080. The average molecular weight is 653 g/mol. The van der Waals surface area contributed by atoms with E-state index in [1.807, 2.05) is 6.92 Å². The molecule has 8 nitrogen and oxygen atoms in total. The van der Waals surface area contributed by atoms with Crippen molar-refractivity contribution in [1.29, 1.82) is 0 Å². The first-order chi connectivity index (χ1) is 15.3. The van der Waals surface area contributed by atoms with Crippen LogP contribution < -0.4 is 10.5 Å². The summed E-state index contributed by atoms with van der Waals surface area (Å²) in [5, 5.41) is 16.6. The van der Waals surface area contributed by atoms with Crippen LogP contribution in [0.25, 0.3) is 0 Å². The van der Waals surface area contributed by atoms with Gasteiger partial charge >= 0.3 is 0 Å². The molecule has 0 atom stereocenters. The molecule has 0 heterocycles. The zero-order chi connectivity index (χ0) is 25.7. The van der Waals surface area contributed by atoms with Crippen molar-refractivity contribution in [1.82, 2.24) is 4.72 Å². The average Bonchev–Trinajstić information content (AvgIpc) is 2.73. The molecular formula is C20H29Br2ClN2O6S2. The van der Waals surface area contributed by atoms with Crippen molar-refractivity contribution in [2.45, 2.75) is 36.5 Å². The molecule has 188 valence electrons. The van der Waals surface area contributed by atoms with Crippen molar-refractivity contribution >= 4 is 61.6 Å². The number of hydrogen-bond acceptors (Lipinski definition) is 7. The Labute approximate surface area is 217 Å². The first kappa shape index (κ1) is 32.4. The fraction of sp³-hybridized carbons (Fsp3) is 0.400. The first-order valence-electron chi connectivity index (χ1n) is 9.68. The summed E-state index contributed by atoms with van der Waals surface area (Å²) >= 11 is 6.57. The number of rotatable bonds is 8. The molecule has 0 saturated carbocycles. The van der Waals surface area contributed by atoms with Gasteiger partial charge in [-0.1, -0.05) is 31.9 Å². The van der Waals surface area contributed by atoms with Crippen LogP contribution in [0.3, 0.4) is 0 Å². The molecule has 0 aliphatic rings. The lowest BCUT2D eigenvalue weighted by Gasteiger charge is -2.07. The van der Waals surface area contributed by atoms with Gasteiger partial charge in [-0.2, -0.15) is 0 Å². The molecule has 13 heteroatoms. The molecule has 0 aromatic heterocycles. The topological polar surface area (TPSA) is 147 Å². The van der Waals surface area contributed by atoms with Gasteiger partial charge in [0.2, 0.25) is 10.0 Å². The van der Waals surface area contributed by atoms with Gasteiger partial charge in [0.05, 0.1) is 9.79 Å². The molecule has 0 unspecified atom stereocenters. The van der Waals surface area contributed by atoms with E-state index >= 15 is 0 Å². The van der Waals surface area contributed by atoms with Crippen molar-refractivity contribution in [2.75, 3.05) is 26.3 Å². The van der Waals surface area contributed by atoms with Crippen LogP contribution in [0, 0.1) is 13.8 Å². The molecule has 0 aliphatic carbocycles. The minimum Gasteiger partial charge on any atom is -0.396 e. The smallest absolute Gasteiger partial charge is 0.261 e. The SMILES string of the molecule is Cc1cc(S(=O)(=O)Cl)ccc1Br.Cc1cc(S(=O)(=O)NCCCO)ccc1Br.NCCCO. The molecule has 2 aromatic rings. The van der Waals surface area contributed by atoms with E-state index in [1.165, 1.54) is 12.1 Å². The van der Waals surface area contributed by atoms with Crippen molar-refractivity contribution in [3.63, 3.8) is 0 Å². The molecule has 0 fully saturated rings. The third-order valence-corrected chi connectivity index (χ3v) is 8.43. The molecule has 0 bridgehead atoms. The van der Waals surface area contributed by atoms with Crippen LogP contribution in [-0.2, 0) is 19.1 Å². The largest absolute Gasteiger partial charge is 0.396 e. The first-order valence-corrected chi connectivity index (χ1v) is 15.1. The van der Waals surface area contributed by atoms with Crippen molar-refractivity contribution in [3.05, 3.63) is 56.5 Å². The summed E-state index contributed by atoms with van der Waals surface area (Å²) in [4.78, 5) is 0.371. The Hall–Kier alpha value is -0.570. The van der Waals surface area contributed by atoms with Crippen molar-refractivity contribution in [3.8, 4) is 0 Å². The number of sulfonamides is 1. The maximum Gasteiger partial charge on any atom is 0.261 e. The van der Waals surface area contributed by atoms with E-state index in [0.29, 0.717) is 13.0 Å². The van der Waals surface area contributed by atoms with Gasteiger partial charge in [-0.25, -0.2) is 21.6 Å². The quantitative estimate of drug-likeness (QED) is 0.253. The van der Waals surface area contributed by atoms with E-state index in [-0.39, 0.29) is 29.5 Å². The number of aliphatic hydroxyl groups is 2. The summed E-state index contributed by atoms with van der Waals surface area (Å²) in [7, 11) is -1.90. The Kier molecular flexibility index (Phi) is 15.9. The zero-order valence-electron chi connectivity index (χ0n) is 18.3. The van der Waals surface area contributed by atoms with E-state index in [0.717, 1.165) is 26.5 Å². The Balaban J connectivity index is 0.000000530. The lowest BCUT2D eigenvalue weighted by atomic mass is 10.2. The summed E-state index contributed by atoms with van der Waals surface area (Å²) in [6.45, 7) is 4.66. The molecule has 0 radical (unpaired) electrons. The van der Waals surface area contributed by atoms with Crippen LogP contribution in [-0.4, -0.2) is 53.4 Å². The van der Waals surface area contributed by atoms with E-state index in [1.54, 1.807) is 31.2 Å². The third kappa shape index (κ3) is 13.2. The Morgan fingerprint density at radius 3 is 1.70 bits per heavy atom. The van der Waals surface area contributed by atoms with E-state index in [4.69, 9.17) is 26.6 Å². The maximum atomic E-state index is 11.8. The Morgan fingerprint density at radius 1 is 0.879 bits per heavy atom. The van der Waals surface area contributed by atoms with Crippen LogP contribution >= 0.6 is 42.5 Å². The van der Waals surface area contributed by atoms with Crippen LogP contribution in [0.2, 0.25) is 0 Å². The number of benzene rings is 2. The monoisotopic (exact) mass is 650 g/mol. The van der Waals surface area contributed by atoms with Gasteiger partial charge in [0.1, 0.15) is 0 Å². The molecule has 2 rings (SSSR count). The van der Waals surface area contributed by atoms with E-state index < -0.39 is 19.1 Å². The second-order valence-electron chi connectivity index (χ2n) is 6.60. The standard InChI is InChI=1S/C10H14BrNO3S.C7H6BrClO2S.C3H9NO/c1-8-7-9(3-4-10(8)11)16(14,15)12-5-2-6-13;1-5-4-6(12(9,10)11)2-3-7(5)8;4-2-1-3-5/h3-4,7,12-13H,2,5-6H2,1H3;2-4H,1H3;5H,1-4H2.